The lowest BCUT2D eigenvalue weighted by Crippen LogP contribution is -2.14. The molecule has 1 heterocycles. The minimum atomic E-state index is -0.312. The van der Waals surface area contributed by atoms with E-state index in [1.54, 1.807) is 18.3 Å². The summed E-state index contributed by atoms with van der Waals surface area (Å²) in [7, 11) is 4.07. The van der Waals surface area contributed by atoms with Crippen LogP contribution >= 0.6 is 0 Å². The first kappa shape index (κ1) is 15.2. The van der Waals surface area contributed by atoms with Gasteiger partial charge in [0, 0.05) is 17.4 Å². The average Bonchev–Trinajstić information content (AvgIpc) is 2.41. The van der Waals surface area contributed by atoms with Crippen molar-refractivity contribution in [2.24, 2.45) is 0 Å². The van der Waals surface area contributed by atoms with Gasteiger partial charge in [-0.05, 0) is 51.7 Å². The second-order valence-electron chi connectivity index (χ2n) is 5.15. The zero-order chi connectivity index (χ0) is 15.2. The van der Waals surface area contributed by atoms with Crippen molar-refractivity contribution in [2.45, 2.75) is 12.8 Å². The van der Waals surface area contributed by atoms with E-state index in [1.165, 1.54) is 12.1 Å². The highest BCUT2D eigenvalue weighted by Gasteiger charge is 2.05. The number of aromatic nitrogens is 2. The fraction of sp³-hybridized carbons (Fsp3) is 0.333. The predicted molar refractivity (Wildman–Crippen MR) is 83.0 cm³/mol. The molecule has 0 amide bonds. The number of rotatable bonds is 6. The van der Waals surface area contributed by atoms with E-state index in [0.29, 0.717) is 17.5 Å². The number of nitrogen functional groups attached to an aromatic ring is 1. The van der Waals surface area contributed by atoms with Crippen LogP contribution in [0.15, 0.2) is 30.5 Å². The molecule has 2 aromatic rings. The van der Waals surface area contributed by atoms with Gasteiger partial charge in [-0.2, -0.15) is 4.98 Å². The summed E-state index contributed by atoms with van der Waals surface area (Å²) in [4.78, 5) is 10.6. The van der Waals surface area contributed by atoms with Gasteiger partial charge < -0.3 is 16.0 Å². The summed E-state index contributed by atoms with van der Waals surface area (Å²) in [5.41, 5.74) is 7.47. The van der Waals surface area contributed by atoms with Gasteiger partial charge in [-0.15, -0.1) is 0 Å². The van der Waals surface area contributed by atoms with Crippen LogP contribution in [0.5, 0.6) is 0 Å². The van der Waals surface area contributed by atoms with E-state index >= 15 is 0 Å². The molecule has 2 rings (SSSR count). The molecule has 0 aliphatic heterocycles. The van der Waals surface area contributed by atoms with Gasteiger partial charge in [0.05, 0.1) is 0 Å². The second-order valence-corrected chi connectivity index (χ2v) is 5.15. The minimum absolute atomic E-state index is 0.312. The fourth-order valence-corrected chi connectivity index (χ4v) is 1.95. The van der Waals surface area contributed by atoms with E-state index < -0.39 is 0 Å². The van der Waals surface area contributed by atoms with Crippen LogP contribution in [0.1, 0.15) is 12.0 Å². The Kier molecular flexibility index (Phi) is 5.05. The molecule has 0 fully saturated rings. The van der Waals surface area contributed by atoms with E-state index in [9.17, 15) is 4.39 Å². The van der Waals surface area contributed by atoms with E-state index in [2.05, 4.69) is 20.2 Å². The van der Waals surface area contributed by atoms with Crippen molar-refractivity contribution in [1.29, 1.82) is 0 Å². The van der Waals surface area contributed by atoms with Crippen LogP contribution in [0, 0.1) is 5.82 Å². The van der Waals surface area contributed by atoms with Gasteiger partial charge in [0.2, 0.25) is 5.95 Å². The van der Waals surface area contributed by atoms with Gasteiger partial charge in [0.1, 0.15) is 11.6 Å². The van der Waals surface area contributed by atoms with Crippen LogP contribution in [-0.2, 0) is 6.42 Å². The summed E-state index contributed by atoms with van der Waals surface area (Å²) in [6, 6.07) is 6.13. The van der Waals surface area contributed by atoms with Gasteiger partial charge in [-0.3, -0.25) is 0 Å². The van der Waals surface area contributed by atoms with Gasteiger partial charge in [-0.25, -0.2) is 9.37 Å². The summed E-state index contributed by atoms with van der Waals surface area (Å²) in [5, 5.41) is 2.94. The third-order valence-corrected chi connectivity index (χ3v) is 3.03. The minimum Gasteiger partial charge on any atom is -0.383 e. The second kappa shape index (κ2) is 6.99. The highest BCUT2D eigenvalue weighted by atomic mass is 19.1. The normalized spacial score (nSPS) is 10.9. The smallest absolute Gasteiger partial charge is 0.229 e. The molecule has 1 aromatic carbocycles. The Morgan fingerprint density at radius 3 is 2.81 bits per heavy atom. The van der Waals surface area contributed by atoms with E-state index in [4.69, 9.17) is 5.73 Å². The lowest BCUT2D eigenvalue weighted by molar-refractivity contribution is 0.400. The average molecular weight is 289 g/mol. The van der Waals surface area contributed by atoms with Crippen LogP contribution in [0.25, 0.3) is 0 Å². The van der Waals surface area contributed by atoms with Crippen molar-refractivity contribution in [3.63, 3.8) is 0 Å². The third-order valence-electron chi connectivity index (χ3n) is 3.03. The maximum Gasteiger partial charge on any atom is 0.229 e. The zero-order valence-corrected chi connectivity index (χ0v) is 12.3. The Labute approximate surface area is 124 Å². The van der Waals surface area contributed by atoms with Crippen LogP contribution < -0.4 is 11.1 Å². The summed E-state index contributed by atoms with van der Waals surface area (Å²) >= 11 is 0. The molecule has 21 heavy (non-hydrogen) atoms. The number of hydrogen-bond donors (Lipinski definition) is 2. The third kappa shape index (κ3) is 4.68. The van der Waals surface area contributed by atoms with Crippen molar-refractivity contribution >= 4 is 17.5 Å². The van der Waals surface area contributed by atoms with Crippen molar-refractivity contribution in [3.05, 3.63) is 41.8 Å². The van der Waals surface area contributed by atoms with Crippen molar-refractivity contribution < 1.29 is 4.39 Å². The fourth-order valence-electron chi connectivity index (χ4n) is 1.95. The van der Waals surface area contributed by atoms with E-state index in [1.807, 2.05) is 14.1 Å². The van der Waals surface area contributed by atoms with Crippen LogP contribution in [-0.4, -0.2) is 35.5 Å². The molecule has 0 saturated heterocycles. The van der Waals surface area contributed by atoms with Crippen molar-refractivity contribution in [1.82, 2.24) is 14.9 Å². The first-order chi connectivity index (χ1) is 10.0. The number of benzene rings is 1. The van der Waals surface area contributed by atoms with Gasteiger partial charge >= 0.3 is 0 Å². The molecule has 0 spiro atoms. The van der Waals surface area contributed by atoms with Crippen LogP contribution in [0.3, 0.4) is 0 Å². The van der Waals surface area contributed by atoms with Crippen molar-refractivity contribution in [2.75, 3.05) is 31.7 Å². The Hall–Kier alpha value is -2.21. The lowest BCUT2D eigenvalue weighted by atomic mass is 10.1. The molecular formula is C15H20FN5. The standard InChI is InChI=1S/C15H20FN5/c1-21(2)8-4-5-11-10-18-15(20-14(11)17)19-13-7-3-6-12(16)9-13/h3,6-7,9-10H,4-5,8H2,1-2H3,(H3,17,18,19,20). The first-order valence-electron chi connectivity index (χ1n) is 6.83. The zero-order valence-electron chi connectivity index (χ0n) is 12.3. The SMILES string of the molecule is CN(C)CCCc1cnc(Nc2cccc(F)c2)nc1N. The Morgan fingerprint density at radius 1 is 1.33 bits per heavy atom. The molecule has 112 valence electrons. The molecule has 0 radical (unpaired) electrons. The van der Waals surface area contributed by atoms with Crippen LogP contribution in [0.4, 0.5) is 21.8 Å². The molecule has 0 atom stereocenters. The van der Waals surface area contributed by atoms with Crippen molar-refractivity contribution in [3.8, 4) is 0 Å². The number of anilines is 3. The molecule has 0 saturated carbocycles. The lowest BCUT2D eigenvalue weighted by Gasteiger charge is -2.11. The molecule has 5 nitrogen and oxygen atoms in total. The van der Waals surface area contributed by atoms with E-state index in [-0.39, 0.29) is 5.82 Å². The van der Waals surface area contributed by atoms with Gasteiger partial charge in [-0.1, -0.05) is 6.07 Å². The predicted octanol–water partition coefficient (Wildman–Crippen LogP) is 2.44. The Bertz CT molecular complexity index is 600. The first-order valence-corrected chi connectivity index (χ1v) is 6.83. The number of aryl methyl sites for hydroxylation is 1. The quantitative estimate of drug-likeness (QED) is 0.855. The summed E-state index contributed by atoms with van der Waals surface area (Å²) in [5.74, 6) is 0.519. The maximum atomic E-state index is 13.1. The molecule has 3 N–H and O–H groups in total. The number of hydrogen-bond acceptors (Lipinski definition) is 5. The Balaban J connectivity index is 2.01. The summed E-state index contributed by atoms with van der Waals surface area (Å²) < 4.78 is 13.1. The molecule has 0 unspecified atom stereocenters. The number of nitrogens with one attached hydrogen (secondary N) is 1. The van der Waals surface area contributed by atoms with Gasteiger partial charge in [0.25, 0.3) is 0 Å². The number of halogens is 1. The molecule has 0 aliphatic rings. The summed E-state index contributed by atoms with van der Waals surface area (Å²) in [6.07, 6.45) is 3.56. The maximum absolute atomic E-state index is 13.1. The number of nitrogens with two attached hydrogens (primary N) is 1. The molecule has 0 aliphatic carbocycles. The Morgan fingerprint density at radius 2 is 2.14 bits per heavy atom. The molecule has 1 aromatic heterocycles. The van der Waals surface area contributed by atoms with Crippen LogP contribution in [0.2, 0.25) is 0 Å². The molecular weight excluding hydrogens is 269 g/mol. The topological polar surface area (TPSA) is 67.1 Å². The highest BCUT2D eigenvalue weighted by Crippen LogP contribution is 2.17. The molecule has 6 heteroatoms. The summed E-state index contributed by atoms with van der Waals surface area (Å²) in [6.45, 7) is 0.989. The monoisotopic (exact) mass is 289 g/mol. The molecule has 0 bridgehead atoms. The van der Waals surface area contributed by atoms with E-state index in [0.717, 1.165) is 24.9 Å². The number of nitrogens with zero attached hydrogens (tertiary/aromatic N) is 3. The van der Waals surface area contributed by atoms with Gasteiger partial charge in [0.15, 0.2) is 0 Å². The highest BCUT2D eigenvalue weighted by molar-refractivity contribution is 5.55. The largest absolute Gasteiger partial charge is 0.383 e.